The Morgan fingerprint density at radius 2 is 2.03 bits per heavy atom. The van der Waals surface area contributed by atoms with Crippen LogP contribution in [-0.2, 0) is 20.9 Å². The number of methoxy groups -OCH3 is 1. The second-order valence-corrected chi connectivity index (χ2v) is 8.05. The average molecular weight is 462 g/mol. The summed E-state index contributed by atoms with van der Waals surface area (Å²) in [5.41, 5.74) is 13.9. The highest BCUT2D eigenvalue weighted by atomic mass is 16.5. The van der Waals surface area contributed by atoms with Gasteiger partial charge in [0, 0.05) is 57.4 Å². The largest absolute Gasteiger partial charge is 0.385 e. The van der Waals surface area contributed by atoms with E-state index in [2.05, 4.69) is 15.0 Å². The van der Waals surface area contributed by atoms with Gasteiger partial charge in [0.15, 0.2) is 0 Å². The van der Waals surface area contributed by atoms with Gasteiger partial charge in [-0.25, -0.2) is 15.0 Å². The van der Waals surface area contributed by atoms with E-state index >= 15 is 0 Å². The highest BCUT2D eigenvalue weighted by Gasteiger charge is 2.36. The average Bonchev–Trinajstić information content (AvgIpc) is 2.84. The van der Waals surface area contributed by atoms with Crippen molar-refractivity contribution in [3.8, 4) is 0 Å². The van der Waals surface area contributed by atoms with E-state index in [1.54, 1.807) is 41.3 Å². The van der Waals surface area contributed by atoms with Gasteiger partial charge in [-0.3, -0.25) is 9.59 Å². The fourth-order valence-corrected chi connectivity index (χ4v) is 3.99. The van der Waals surface area contributed by atoms with Gasteiger partial charge >= 0.3 is 0 Å². The van der Waals surface area contributed by atoms with Gasteiger partial charge in [-0.2, -0.15) is 0 Å². The third kappa shape index (κ3) is 5.12. The van der Waals surface area contributed by atoms with E-state index < -0.39 is 6.04 Å². The van der Waals surface area contributed by atoms with E-state index in [0.717, 1.165) is 22.0 Å². The number of rotatable bonds is 7. The highest BCUT2D eigenvalue weighted by molar-refractivity contribution is 5.96. The summed E-state index contributed by atoms with van der Waals surface area (Å²) in [7, 11) is 1.58. The molecule has 3 heterocycles. The number of aromatic nitrogens is 3. The zero-order valence-corrected chi connectivity index (χ0v) is 18.9. The second-order valence-electron chi connectivity index (χ2n) is 8.05. The molecule has 1 aliphatic heterocycles. The van der Waals surface area contributed by atoms with E-state index in [9.17, 15) is 9.59 Å². The number of fused-ring (bicyclic) bond motifs is 1. The second kappa shape index (κ2) is 10.3. The van der Waals surface area contributed by atoms with Crippen LogP contribution in [0.25, 0.3) is 17.0 Å². The zero-order valence-electron chi connectivity index (χ0n) is 18.9. The molecule has 176 valence electrons. The summed E-state index contributed by atoms with van der Waals surface area (Å²) in [5.74, 6) is 0.486. The van der Waals surface area contributed by atoms with E-state index in [0.29, 0.717) is 44.3 Å². The maximum atomic E-state index is 13.4. The lowest BCUT2D eigenvalue weighted by atomic mass is 10.1. The van der Waals surface area contributed by atoms with Gasteiger partial charge in [-0.15, -0.1) is 0 Å². The molecule has 0 aliphatic carbocycles. The van der Waals surface area contributed by atoms with Crippen LogP contribution in [0.1, 0.15) is 17.5 Å². The quantitative estimate of drug-likeness (QED) is 0.504. The maximum absolute atomic E-state index is 13.4. The molecule has 1 unspecified atom stereocenters. The number of ether oxygens (including phenoxy) is 1. The van der Waals surface area contributed by atoms with Crippen molar-refractivity contribution < 1.29 is 14.3 Å². The van der Waals surface area contributed by atoms with Crippen molar-refractivity contribution in [2.24, 2.45) is 0 Å². The molecule has 0 saturated carbocycles. The van der Waals surface area contributed by atoms with Gasteiger partial charge in [0.05, 0.1) is 5.52 Å². The number of pyridine rings is 1. The molecule has 3 aromatic rings. The van der Waals surface area contributed by atoms with Crippen LogP contribution in [0.15, 0.2) is 48.9 Å². The first-order chi connectivity index (χ1) is 16.5. The number of piperazine rings is 1. The van der Waals surface area contributed by atoms with E-state index in [1.807, 2.05) is 18.2 Å². The summed E-state index contributed by atoms with van der Waals surface area (Å²) in [6, 6.07) is 8.53. The SMILES string of the molecule is COCCC1C(=O)N(Cc2ccc3c(N)ncnc3c2)CCN1C(=O)/C=C/c1ccc(N)nc1. The molecule has 1 atom stereocenters. The molecule has 10 heteroatoms. The Morgan fingerprint density at radius 1 is 1.18 bits per heavy atom. The third-order valence-electron chi connectivity index (χ3n) is 5.80. The van der Waals surface area contributed by atoms with Crippen molar-refractivity contribution in [1.29, 1.82) is 0 Å². The lowest BCUT2D eigenvalue weighted by Gasteiger charge is -2.40. The van der Waals surface area contributed by atoms with Crippen molar-refractivity contribution in [1.82, 2.24) is 24.8 Å². The fraction of sp³-hybridized carbons (Fsp3) is 0.292. The monoisotopic (exact) mass is 461 g/mol. The number of carbonyl (C=O) groups is 2. The Labute approximate surface area is 197 Å². The van der Waals surface area contributed by atoms with Crippen LogP contribution in [0, 0.1) is 0 Å². The first-order valence-corrected chi connectivity index (χ1v) is 10.9. The molecule has 4 rings (SSSR count). The number of benzene rings is 1. The summed E-state index contributed by atoms with van der Waals surface area (Å²) in [4.78, 5) is 42.0. The number of amides is 2. The summed E-state index contributed by atoms with van der Waals surface area (Å²) in [6.45, 7) is 1.63. The smallest absolute Gasteiger partial charge is 0.247 e. The van der Waals surface area contributed by atoms with Crippen LogP contribution in [-0.4, -0.2) is 69.4 Å². The molecule has 1 aliphatic rings. The number of nitrogens with zero attached hydrogens (tertiary/aromatic N) is 5. The van der Waals surface area contributed by atoms with Gasteiger partial charge in [-0.05, 0) is 41.5 Å². The Balaban J connectivity index is 1.49. The molecule has 0 radical (unpaired) electrons. The molecule has 2 amide bonds. The normalized spacial score (nSPS) is 16.5. The lowest BCUT2D eigenvalue weighted by molar-refractivity contribution is -0.150. The van der Waals surface area contributed by atoms with Crippen molar-refractivity contribution >= 4 is 40.4 Å². The Hall–Kier alpha value is -4.05. The number of hydrogen-bond acceptors (Lipinski definition) is 8. The van der Waals surface area contributed by atoms with Crippen LogP contribution in [0.4, 0.5) is 11.6 Å². The van der Waals surface area contributed by atoms with Gasteiger partial charge in [0.25, 0.3) is 0 Å². The van der Waals surface area contributed by atoms with Crippen LogP contribution < -0.4 is 11.5 Å². The van der Waals surface area contributed by atoms with Gasteiger partial charge in [-0.1, -0.05) is 6.07 Å². The predicted molar refractivity (Wildman–Crippen MR) is 129 cm³/mol. The van der Waals surface area contributed by atoms with Gasteiger partial charge in [0.1, 0.15) is 24.0 Å². The van der Waals surface area contributed by atoms with Crippen LogP contribution >= 0.6 is 0 Å². The molecule has 1 fully saturated rings. The molecule has 0 bridgehead atoms. The Kier molecular flexibility index (Phi) is 6.98. The van der Waals surface area contributed by atoms with Crippen molar-refractivity contribution in [2.45, 2.75) is 19.0 Å². The molecule has 1 aromatic carbocycles. The maximum Gasteiger partial charge on any atom is 0.247 e. The highest BCUT2D eigenvalue weighted by Crippen LogP contribution is 2.22. The predicted octanol–water partition coefficient (Wildman–Crippen LogP) is 1.48. The standard InChI is InChI=1S/C24H27N7O3/c1-34-11-8-20-24(33)30(14-17-2-5-18-19(12-17)28-15-29-23(18)26)9-10-31(20)22(32)7-4-16-3-6-21(25)27-13-16/h2-7,12-13,15,20H,8-11,14H2,1H3,(H2,25,27)(H2,26,28,29)/b7-4+. The molecular formula is C24H27N7O3. The van der Waals surface area contributed by atoms with E-state index in [1.165, 1.54) is 12.4 Å². The molecular weight excluding hydrogens is 434 g/mol. The number of hydrogen-bond donors (Lipinski definition) is 2. The minimum atomic E-state index is -0.603. The minimum absolute atomic E-state index is 0.110. The number of nitrogen functional groups attached to an aromatic ring is 2. The van der Waals surface area contributed by atoms with Crippen LogP contribution in [0.3, 0.4) is 0 Å². The lowest BCUT2D eigenvalue weighted by Crippen LogP contribution is -2.58. The third-order valence-corrected chi connectivity index (χ3v) is 5.80. The molecule has 34 heavy (non-hydrogen) atoms. The van der Waals surface area contributed by atoms with Crippen LogP contribution in [0.2, 0.25) is 0 Å². The van der Waals surface area contributed by atoms with Crippen molar-refractivity contribution in [3.63, 3.8) is 0 Å². The van der Waals surface area contributed by atoms with Crippen LogP contribution in [0.5, 0.6) is 0 Å². The van der Waals surface area contributed by atoms with E-state index in [4.69, 9.17) is 16.2 Å². The Morgan fingerprint density at radius 3 is 2.79 bits per heavy atom. The Bertz CT molecular complexity index is 1210. The molecule has 1 saturated heterocycles. The van der Waals surface area contributed by atoms with Crippen molar-refractivity contribution in [2.75, 3.05) is 38.3 Å². The molecule has 4 N–H and O–H groups in total. The first-order valence-electron chi connectivity index (χ1n) is 10.9. The minimum Gasteiger partial charge on any atom is -0.385 e. The summed E-state index contributed by atoms with van der Waals surface area (Å²) < 4.78 is 5.20. The topological polar surface area (TPSA) is 141 Å². The summed E-state index contributed by atoms with van der Waals surface area (Å²) >= 11 is 0. The van der Waals surface area contributed by atoms with E-state index in [-0.39, 0.29) is 11.8 Å². The zero-order chi connectivity index (χ0) is 24.1. The fourth-order valence-electron chi connectivity index (χ4n) is 3.99. The number of carbonyl (C=O) groups excluding carboxylic acids is 2. The number of nitrogens with two attached hydrogens (primary N) is 2. The summed E-state index contributed by atoms with van der Waals surface area (Å²) in [6.07, 6.45) is 6.56. The summed E-state index contributed by atoms with van der Waals surface area (Å²) in [5, 5.41) is 0.772. The molecule has 2 aromatic heterocycles. The van der Waals surface area contributed by atoms with Crippen molar-refractivity contribution in [3.05, 3.63) is 60.1 Å². The first kappa shape index (κ1) is 23.1. The molecule has 10 nitrogen and oxygen atoms in total. The number of anilines is 2. The molecule has 0 spiro atoms. The van der Waals surface area contributed by atoms with Gasteiger partial charge in [0.2, 0.25) is 11.8 Å². The van der Waals surface area contributed by atoms with Gasteiger partial charge < -0.3 is 26.0 Å².